The number of aromatic nitrogens is 1. The van der Waals surface area contributed by atoms with E-state index in [4.69, 9.17) is 4.74 Å². The normalized spacial score (nSPS) is 10.7. The van der Waals surface area contributed by atoms with E-state index in [2.05, 4.69) is 52.8 Å². The maximum atomic E-state index is 5.85. The van der Waals surface area contributed by atoms with Crippen LogP contribution in [0, 0.1) is 0 Å². The number of nitrogens with one attached hydrogen (secondary N) is 1. The zero-order chi connectivity index (χ0) is 14.5. The quantitative estimate of drug-likeness (QED) is 0.775. The number of hydrogen-bond acceptors (Lipinski definition) is 3. The molecule has 1 heterocycles. The Morgan fingerprint density at radius 1 is 1.00 bits per heavy atom. The highest BCUT2D eigenvalue weighted by Gasteiger charge is 2.02. The van der Waals surface area contributed by atoms with Crippen LogP contribution in [0.25, 0.3) is 10.8 Å². The van der Waals surface area contributed by atoms with Crippen molar-refractivity contribution in [3.8, 4) is 5.75 Å². The highest BCUT2D eigenvalue weighted by atomic mass is 16.5. The molecule has 0 unspecified atom stereocenters. The van der Waals surface area contributed by atoms with Crippen molar-refractivity contribution in [1.29, 1.82) is 0 Å². The lowest BCUT2D eigenvalue weighted by Crippen LogP contribution is -2.06. The molecule has 106 valence electrons. The second-order valence-electron chi connectivity index (χ2n) is 4.94. The Labute approximate surface area is 124 Å². The first-order valence-electron chi connectivity index (χ1n) is 7.06. The SMILES string of the molecule is CNCc1ccc(OCc2cccc3ccccc23)cn1. The largest absolute Gasteiger partial charge is 0.487 e. The first kappa shape index (κ1) is 13.6. The van der Waals surface area contributed by atoms with Crippen LogP contribution in [0.1, 0.15) is 11.3 Å². The van der Waals surface area contributed by atoms with E-state index in [0.29, 0.717) is 6.61 Å². The van der Waals surface area contributed by atoms with Gasteiger partial charge in [-0.15, -0.1) is 0 Å². The molecule has 21 heavy (non-hydrogen) atoms. The second-order valence-corrected chi connectivity index (χ2v) is 4.94. The minimum Gasteiger partial charge on any atom is -0.487 e. The number of benzene rings is 2. The first-order chi connectivity index (χ1) is 10.4. The van der Waals surface area contributed by atoms with Crippen LogP contribution < -0.4 is 10.1 Å². The van der Waals surface area contributed by atoms with Crippen LogP contribution in [0.3, 0.4) is 0 Å². The van der Waals surface area contributed by atoms with Crippen molar-refractivity contribution in [2.75, 3.05) is 7.05 Å². The summed E-state index contributed by atoms with van der Waals surface area (Å²) in [5.41, 5.74) is 2.20. The van der Waals surface area contributed by atoms with E-state index in [1.165, 1.54) is 16.3 Å². The van der Waals surface area contributed by atoms with Gasteiger partial charge in [-0.05, 0) is 35.5 Å². The fourth-order valence-corrected chi connectivity index (χ4v) is 2.36. The first-order valence-corrected chi connectivity index (χ1v) is 7.06. The molecule has 0 amide bonds. The van der Waals surface area contributed by atoms with Gasteiger partial charge in [0.1, 0.15) is 12.4 Å². The maximum absolute atomic E-state index is 5.85. The van der Waals surface area contributed by atoms with Crippen molar-refractivity contribution in [1.82, 2.24) is 10.3 Å². The average Bonchev–Trinajstić information content (AvgIpc) is 2.54. The molecule has 3 rings (SSSR count). The summed E-state index contributed by atoms with van der Waals surface area (Å²) < 4.78 is 5.85. The lowest BCUT2D eigenvalue weighted by Gasteiger charge is -2.09. The van der Waals surface area contributed by atoms with Gasteiger partial charge in [0.05, 0.1) is 11.9 Å². The van der Waals surface area contributed by atoms with Crippen LogP contribution in [0.15, 0.2) is 60.8 Å². The molecule has 2 aromatic carbocycles. The number of rotatable bonds is 5. The third-order valence-corrected chi connectivity index (χ3v) is 3.43. The Hall–Kier alpha value is -2.39. The van der Waals surface area contributed by atoms with Gasteiger partial charge < -0.3 is 10.1 Å². The van der Waals surface area contributed by atoms with Crippen LogP contribution in [0.2, 0.25) is 0 Å². The number of nitrogens with zero attached hydrogens (tertiary/aromatic N) is 1. The maximum Gasteiger partial charge on any atom is 0.138 e. The summed E-state index contributed by atoms with van der Waals surface area (Å²) in [7, 11) is 1.91. The molecule has 0 aliphatic rings. The van der Waals surface area contributed by atoms with E-state index in [1.54, 1.807) is 6.20 Å². The second kappa shape index (κ2) is 6.37. The summed E-state index contributed by atoms with van der Waals surface area (Å²) in [5.74, 6) is 0.794. The van der Waals surface area contributed by atoms with Crippen LogP contribution in [0.4, 0.5) is 0 Å². The molecule has 0 radical (unpaired) electrons. The van der Waals surface area contributed by atoms with Crippen molar-refractivity contribution in [2.45, 2.75) is 13.2 Å². The van der Waals surface area contributed by atoms with E-state index in [-0.39, 0.29) is 0 Å². The lowest BCUT2D eigenvalue weighted by molar-refractivity contribution is 0.306. The van der Waals surface area contributed by atoms with E-state index in [0.717, 1.165) is 18.0 Å². The Morgan fingerprint density at radius 3 is 2.67 bits per heavy atom. The molecule has 0 fully saturated rings. The summed E-state index contributed by atoms with van der Waals surface area (Å²) in [6.45, 7) is 1.32. The summed E-state index contributed by atoms with van der Waals surface area (Å²) in [4.78, 5) is 4.36. The summed E-state index contributed by atoms with van der Waals surface area (Å²) >= 11 is 0. The molecule has 0 saturated heterocycles. The van der Waals surface area contributed by atoms with E-state index >= 15 is 0 Å². The summed E-state index contributed by atoms with van der Waals surface area (Å²) in [5, 5.41) is 5.55. The molecule has 0 aliphatic heterocycles. The third kappa shape index (κ3) is 3.20. The van der Waals surface area contributed by atoms with Gasteiger partial charge in [0.15, 0.2) is 0 Å². The Bertz CT molecular complexity index is 717. The molecular formula is C18H18N2O. The monoisotopic (exact) mass is 278 g/mol. The zero-order valence-corrected chi connectivity index (χ0v) is 12.0. The molecule has 0 atom stereocenters. The fraction of sp³-hybridized carbons (Fsp3) is 0.167. The highest BCUT2D eigenvalue weighted by Crippen LogP contribution is 2.20. The smallest absolute Gasteiger partial charge is 0.138 e. The van der Waals surface area contributed by atoms with E-state index in [9.17, 15) is 0 Å². The van der Waals surface area contributed by atoms with Crippen molar-refractivity contribution in [3.63, 3.8) is 0 Å². The van der Waals surface area contributed by atoms with Gasteiger partial charge in [-0.25, -0.2) is 0 Å². The van der Waals surface area contributed by atoms with Gasteiger partial charge in [-0.2, -0.15) is 0 Å². The minimum absolute atomic E-state index is 0.550. The fourth-order valence-electron chi connectivity index (χ4n) is 2.36. The van der Waals surface area contributed by atoms with Gasteiger partial charge in [-0.1, -0.05) is 42.5 Å². The predicted octanol–water partition coefficient (Wildman–Crippen LogP) is 3.53. The van der Waals surface area contributed by atoms with E-state index in [1.807, 2.05) is 19.2 Å². The van der Waals surface area contributed by atoms with Crippen LogP contribution >= 0.6 is 0 Å². The summed E-state index contributed by atoms with van der Waals surface area (Å²) in [6, 6.07) is 18.6. The number of pyridine rings is 1. The standard InChI is InChI=1S/C18H18N2O/c1-19-11-16-9-10-17(12-20-16)21-13-15-7-4-6-14-5-2-3-8-18(14)15/h2-10,12,19H,11,13H2,1H3. The Balaban J connectivity index is 1.74. The van der Waals surface area contributed by atoms with Crippen molar-refractivity contribution in [3.05, 3.63) is 72.1 Å². The van der Waals surface area contributed by atoms with Crippen molar-refractivity contribution >= 4 is 10.8 Å². The van der Waals surface area contributed by atoms with Gasteiger partial charge in [0.25, 0.3) is 0 Å². The van der Waals surface area contributed by atoms with Crippen LogP contribution in [0.5, 0.6) is 5.75 Å². The minimum atomic E-state index is 0.550. The van der Waals surface area contributed by atoms with Gasteiger partial charge in [0.2, 0.25) is 0 Å². The zero-order valence-electron chi connectivity index (χ0n) is 12.0. The molecule has 0 bridgehead atoms. The lowest BCUT2D eigenvalue weighted by atomic mass is 10.1. The highest BCUT2D eigenvalue weighted by molar-refractivity contribution is 5.85. The van der Waals surface area contributed by atoms with Gasteiger partial charge >= 0.3 is 0 Å². The van der Waals surface area contributed by atoms with Crippen molar-refractivity contribution in [2.24, 2.45) is 0 Å². The molecule has 1 aromatic heterocycles. The molecule has 0 saturated carbocycles. The number of hydrogen-bond donors (Lipinski definition) is 1. The average molecular weight is 278 g/mol. The predicted molar refractivity (Wildman–Crippen MR) is 85.3 cm³/mol. The topological polar surface area (TPSA) is 34.1 Å². The Morgan fingerprint density at radius 2 is 1.86 bits per heavy atom. The van der Waals surface area contributed by atoms with Crippen LogP contribution in [-0.4, -0.2) is 12.0 Å². The van der Waals surface area contributed by atoms with Gasteiger partial charge in [-0.3, -0.25) is 4.98 Å². The number of ether oxygens (including phenoxy) is 1. The Kier molecular flexibility index (Phi) is 4.12. The molecule has 1 N–H and O–H groups in total. The molecular weight excluding hydrogens is 260 g/mol. The van der Waals surface area contributed by atoms with Gasteiger partial charge in [0, 0.05) is 6.54 Å². The molecule has 0 aliphatic carbocycles. The summed E-state index contributed by atoms with van der Waals surface area (Å²) in [6.07, 6.45) is 1.78. The number of fused-ring (bicyclic) bond motifs is 1. The van der Waals surface area contributed by atoms with Crippen molar-refractivity contribution < 1.29 is 4.74 Å². The van der Waals surface area contributed by atoms with E-state index < -0.39 is 0 Å². The van der Waals surface area contributed by atoms with Crippen LogP contribution in [-0.2, 0) is 13.2 Å². The molecule has 0 spiro atoms. The molecule has 3 nitrogen and oxygen atoms in total. The third-order valence-electron chi connectivity index (χ3n) is 3.43. The molecule has 3 heteroatoms. The molecule has 3 aromatic rings.